The van der Waals surface area contributed by atoms with Gasteiger partial charge in [-0.1, -0.05) is 39.7 Å². The Labute approximate surface area is 205 Å². The number of hydrogen-bond acceptors (Lipinski definition) is 6. The quantitative estimate of drug-likeness (QED) is 0.202. The third-order valence-corrected chi connectivity index (χ3v) is 5.04. The van der Waals surface area contributed by atoms with E-state index in [9.17, 15) is 14.4 Å². The minimum absolute atomic E-state index is 0.224. The second-order valence-corrected chi connectivity index (χ2v) is 8.07. The Balaban J connectivity index is 1.54. The van der Waals surface area contributed by atoms with Crippen LogP contribution < -0.4 is 20.2 Å². The number of hydrogen-bond donors (Lipinski definition) is 2. The molecule has 9 heteroatoms. The van der Waals surface area contributed by atoms with Crippen LogP contribution in [-0.2, 0) is 4.79 Å². The van der Waals surface area contributed by atoms with E-state index in [1.165, 1.54) is 13.3 Å². The van der Waals surface area contributed by atoms with E-state index in [0.29, 0.717) is 22.4 Å². The number of nitrogens with one attached hydrogen (secondary N) is 2. The summed E-state index contributed by atoms with van der Waals surface area (Å²) < 4.78 is 11.5. The van der Waals surface area contributed by atoms with Crippen LogP contribution in [0.2, 0.25) is 0 Å². The fraction of sp³-hybridized carbons (Fsp3) is 0.120. The lowest BCUT2D eigenvalue weighted by molar-refractivity contribution is -0.120. The summed E-state index contributed by atoms with van der Waals surface area (Å²) in [4.78, 5) is 36.4. The average Bonchev–Trinajstić information content (AvgIpc) is 2.83. The van der Waals surface area contributed by atoms with Gasteiger partial charge in [0.15, 0.2) is 11.5 Å². The molecule has 8 nitrogen and oxygen atoms in total. The number of methoxy groups -OCH3 is 1. The van der Waals surface area contributed by atoms with Crippen LogP contribution in [0.1, 0.15) is 31.8 Å². The molecule has 0 aliphatic heterocycles. The van der Waals surface area contributed by atoms with Crippen LogP contribution in [0, 0.1) is 6.92 Å². The van der Waals surface area contributed by atoms with Crippen molar-refractivity contribution in [2.45, 2.75) is 6.92 Å². The maximum atomic E-state index is 12.4. The van der Waals surface area contributed by atoms with E-state index in [4.69, 9.17) is 9.47 Å². The van der Waals surface area contributed by atoms with Gasteiger partial charge in [-0.3, -0.25) is 9.59 Å². The van der Waals surface area contributed by atoms with Gasteiger partial charge in [0.25, 0.3) is 11.8 Å². The second kappa shape index (κ2) is 11.8. The summed E-state index contributed by atoms with van der Waals surface area (Å²) in [7, 11) is 1.45. The summed E-state index contributed by atoms with van der Waals surface area (Å²) in [6.45, 7) is 1.66. The highest BCUT2D eigenvalue weighted by atomic mass is 79.9. The van der Waals surface area contributed by atoms with Gasteiger partial charge in [-0.2, -0.15) is 5.10 Å². The SMILES string of the molecule is COc1cc(/C=N/NC(=O)CNC(=O)c2cccc(C)c2)ccc1OC(=O)c1cccc(Br)c1. The molecule has 0 aliphatic rings. The molecular formula is C25H22BrN3O5. The fourth-order valence-corrected chi connectivity index (χ4v) is 3.29. The van der Waals surface area contributed by atoms with Crippen LogP contribution in [0.15, 0.2) is 76.3 Å². The smallest absolute Gasteiger partial charge is 0.343 e. The lowest BCUT2D eigenvalue weighted by Crippen LogP contribution is -2.34. The highest BCUT2D eigenvalue weighted by Crippen LogP contribution is 2.28. The zero-order chi connectivity index (χ0) is 24.5. The molecule has 0 bridgehead atoms. The van der Waals surface area contributed by atoms with Gasteiger partial charge in [0.1, 0.15) is 0 Å². The van der Waals surface area contributed by atoms with E-state index in [2.05, 4.69) is 31.8 Å². The number of amides is 2. The number of rotatable bonds is 8. The predicted molar refractivity (Wildman–Crippen MR) is 131 cm³/mol. The first-order valence-corrected chi connectivity index (χ1v) is 11.0. The highest BCUT2D eigenvalue weighted by molar-refractivity contribution is 9.10. The van der Waals surface area contributed by atoms with E-state index in [1.807, 2.05) is 19.1 Å². The molecule has 2 amide bonds. The number of hydrazone groups is 1. The van der Waals surface area contributed by atoms with Crippen molar-refractivity contribution >= 4 is 39.9 Å². The van der Waals surface area contributed by atoms with Gasteiger partial charge in [-0.25, -0.2) is 10.2 Å². The predicted octanol–water partition coefficient (Wildman–Crippen LogP) is 3.87. The van der Waals surface area contributed by atoms with E-state index in [0.717, 1.165) is 10.0 Å². The second-order valence-electron chi connectivity index (χ2n) is 7.16. The highest BCUT2D eigenvalue weighted by Gasteiger charge is 2.13. The molecule has 0 heterocycles. The molecular weight excluding hydrogens is 502 g/mol. The minimum atomic E-state index is -0.527. The zero-order valence-corrected chi connectivity index (χ0v) is 20.1. The number of carbonyl (C=O) groups is 3. The molecule has 3 rings (SSSR count). The zero-order valence-electron chi connectivity index (χ0n) is 18.5. The molecule has 0 radical (unpaired) electrons. The number of halogens is 1. The molecule has 0 unspecified atom stereocenters. The summed E-state index contributed by atoms with van der Waals surface area (Å²) in [6.07, 6.45) is 1.41. The van der Waals surface area contributed by atoms with Crippen LogP contribution in [0.25, 0.3) is 0 Å². The van der Waals surface area contributed by atoms with Gasteiger partial charge in [0.2, 0.25) is 0 Å². The standard InChI is InChI=1S/C25H22BrN3O5/c1-16-5-3-6-18(11-16)24(31)27-15-23(30)29-28-14-17-9-10-21(22(12-17)33-2)34-25(32)19-7-4-8-20(26)13-19/h3-14H,15H2,1-2H3,(H,27,31)(H,29,30)/b28-14+. The van der Waals surface area contributed by atoms with Crippen LogP contribution in [0.3, 0.4) is 0 Å². The normalized spacial score (nSPS) is 10.6. The molecule has 0 saturated carbocycles. The molecule has 0 aromatic heterocycles. The van der Waals surface area contributed by atoms with Crippen molar-refractivity contribution in [3.05, 3.63) is 93.5 Å². The molecule has 3 aromatic carbocycles. The molecule has 3 aromatic rings. The molecule has 174 valence electrons. The van der Waals surface area contributed by atoms with Crippen LogP contribution in [-0.4, -0.2) is 37.7 Å². The van der Waals surface area contributed by atoms with Gasteiger partial charge in [0.05, 0.1) is 25.4 Å². The maximum Gasteiger partial charge on any atom is 0.343 e. The average molecular weight is 524 g/mol. The van der Waals surface area contributed by atoms with Gasteiger partial charge in [-0.15, -0.1) is 0 Å². The summed E-state index contributed by atoms with van der Waals surface area (Å²) in [6, 6.07) is 18.7. The maximum absolute atomic E-state index is 12.4. The van der Waals surface area contributed by atoms with E-state index in [-0.39, 0.29) is 18.2 Å². The number of nitrogens with zero attached hydrogens (tertiary/aromatic N) is 1. The molecule has 0 saturated heterocycles. The Kier molecular flexibility index (Phi) is 8.53. The van der Waals surface area contributed by atoms with Crippen LogP contribution in [0.5, 0.6) is 11.5 Å². The third kappa shape index (κ3) is 7.01. The largest absolute Gasteiger partial charge is 0.493 e. The Hall–Kier alpha value is -3.98. The van der Waals surface area contributed by atoms with Crippen LogP contribution in [0.4, 0.5) is 0 Å². The molecule has 0 aliphatic carbocycles. The summed E-state index contributed by atoms with van der Waals surface area (Å²) in [5.74, 6) is -0.790. The number of aryl methyl sites for hydroxylation is 1. The summed E-state index contributed by atoms with van der Waals surface area (Å²) in [5.41, 5.74) is 4.76. The Morgan fingerprint density at radius 2 is 1.74 bits per heavy atom. The van der Waals surface area contributed by atoms with E-state index >= 15 is 0 Å². The first-order valence-electron chi connectivity index (χ1n) is 10.2. The topological polar surface area (TPSA) is 106 Å². The van der Waals surface area contributed by atoms with Crippen molar-refractivity contribution in [2.75, 3.05) is 13.7 Å². The first kappa shape index (κ1) is 24.7. The van der Waals surface area contributed by atoms with Gasteiger partial charge in [0, 0.05) is 10.0 Å². The Bertz CT molecular complexity index is 1240. The number of benzene rings is 3. The molecule has 0 fully saturated rings. The Morgan fingerprint density at radius 3 is 2.47 bits per heavy atom. The van der Waals surface area contributed by atoms with Crippen molar-refractivity contribution in [2.24, 2.45) is 5.10 Å². The van der Waals surface area contributed by atoms with Gasteiger partial charge >= 0.3 is 5.97 Å². The monoisotopic (exact) mass is 523 g/mol. The van der Waals surface area contributed by atoms with Crippen LogP contribution >= 0.6 is 15.9 Å². The third-order valence-electron chi connectivity index (χ3n) is 4.54. The number of ether oxygens (including phenoxy) is 2. The minimum Gasteiger partial charge on any atom is -0.493 e. The number of esters is 1. The molecule has 2 N–H and O–H groups in total. The summed E-state index contributed by atoms with van der Waals surface area (Å²) in [5, 5.41) is 6.42. The first-order chi connectivity index (χ1) is 16.4. The van der Waals surface area contributed by atoms with Gasteiger partial charge < -0.3 is 14.8 Å². The van der Waals surface area contributed by atoms with Crippen molar-refractivity contribution in [1.82, 2.24) is 10.7 Å². The lowest BCUT2D eigenvalue weighted by Gasteiger charge is -2.10. The fourth-order valence-electron chi connectivity index (χ4n) is 2.89. The molecule has 0 spiro atoms. The van der Waals surface area contributed by atoms with Gasteiger partial charge in [-0.05, 0) is 61.0 Å². The molecule has 0 atom stereocenters. The Morgan fingerprint density at radius 1 is 0.971 bits per heavy atom. The van der Waals surface area contributed by atoms with Crippen molar-refractivity contribution in [1.29, 1.82) is 0 Å². The van der Waals surface area contributed by atoms with Crippen molar-refractivity contribution in [3.8, 4) is 11.5 Å². The van der Waals surface area contributed by atoms with E-state index < -0.39 is 11.9 Å². The summed E-state index contributed by atoms with van der Waals surface area (Å²) >= 11 is 3.32. The van der Waals surface area contributed by atoms with Crippen molar-refractivity contribution < 1.29 is 23.9 Å². The number of carbonyl (C=O) groups excluding carboxylic acids is 3. The van der Waals surface area contributed by atoms with E-state index in [1.54, 1.807) is 54.6 Å². The molecule has 34 heavy (non-hydrogen) atoms. The lowest BCUT2D eigenvalue weighted by atomic mass is 10.1. The van der Waals surface area contributed by atoms with Crippen molar-refractivity contribution in [3.63, 3.8) is 0 Å².